The summed E-state index contributed by atoms with van der Waals surface area (Å²) < 4.78 is 5.09. The van der Waals surface area contributed by atoms with Crippen molar-refractivity contribution >= 4 is 16.5 Å². The monoisotopic (exact) mass is 227 g/mol. The highest BCUT2D eigenvalue weighted by atomic mass is 32.1. The van der Waals surface area contributed by atoms with Crippen molar-refractivity contribution in [1.82, 2.24) is 9.88 Å². The third-order valence-corrected chi connectivity index (χ3v) is 3.63. The number of likely N-dealkylation sites (N-methyl/N-ethyl adjacent to an activating group) is 1. The maximum absolute atomic E-state index is 5.09. The minimum absolute atomic E-state index is 0.672. The maximum Gasteiger partial charge on any atom is 0.185 e. The van der Waals surface area contributed by atoms with Gasteiger partial charge in [-0.05, 0) is 7.05 Å². The molecule has 0 saturated carbocycles. The molecule has 1 aromatic heterocycles. The number of nitrogens with zero attached hydrogens (tertiary/aromatic N) is 3. The van der Waals surface area contributed by atoms with Crippen molar-refractivity contribution in [1.29, 1.82) is 0 Å². The van der Waals surface area contributed by atoms with Gasteiger partial charge in [0.1, 0.15) is 0 Å². The van der Waals surface area contributed by atoms with Crippen LogP contribution in [0.15, 0.2) is 6.20 Å². The van der Waals surface area contributed by atoms with Gasteiger partial charge in [-0.3, -0.25) is 0 Å². The van der Waals surface area contributed by atoms with E-state index in [1.165, 1.54) is 4.88 Å². The first kappa shape index (κ1) is 10.9. The number of piperazine rings is 1. The molecule has 0 atom stereocenters. The fourth-order valence-corrected chi connectivity index (χ4v) is 2.58. The Hall–Kier alpha value is -0.650. The summed E-state index contributed by atoms with van der Waals surface area (Å²) in [4.78, 5) is 10.3. The van der Waals surface area contributed by atoms with Crippen LogP contribution in [-0.2, 0) is 11.3 Å². The summed E-state index contributed by atoms with van der Waals surface area (Å²) in [6.07, 6.45) is 1.92. The molecule has 2 heterocycles. The Morgan fingerprint density at radius 1 is 1.40 bits per heavy atom. The summed E-state index contributed by atoms with van der Waals surface area (Å²) in [5.41, 5.74) is 0. The van der Waals surface area contributed by atoms with Gasteiger partial charge in [0.15, 0.2) is 5.13 Å². The zero-order chi connectivity index (χ0) is 10.7. The van der Waals surface area contributed by atoms with Crippen molar-refractivity contribution in [2.24, 2.45) is 0 Å². The largest absolute Gasteiger partial charge is 0.379 e. The van der Waals surface area contributed by atoms with Crippen LogP contribution in [0.5, 0.6) is 0 Å². The molecule has 84 valence electrons. The molecule has 0 unspecified atom stereocenters. The van der Waals surface area contributed by atoms with Crippen LogP contribution in [-0.4, -0.2) is 50.2 Å². The van der Waals surface area contributed by atoms with Gasteiger partial charge in [-0.25, -0.2) is 4.98 Å². The van der Waals surface area contributed by atoms with Gasteiger partial charge in [-0.2, -0.15) is 0 Å². The highest BCUT2D eigenvalue weighted by Crippen LogP contribution is 2.23. The van der Waals surface area contributed by atoms with Crippen LogP contribution in [0.1, 0.15) is 4.88 Å². The number of hydrogen-bond acceptors (Lipinski definition) is 5. The van der Waals surface area contributed by atoms with Crippen LogP contribution < -0.4 is 4.90 Å². The molecule has 1 aromatic rings. The fourth-order valence-electron chi connectivity index (χ4n) is 1.65. The molecule has 5 heteroatoms. The SMILES string of the molecule is COCc1cnc(N2CCN(C)CC2)s1. The third-order valence-electron chi connectivity index (χ3n) is 2.60. The molecule has 0 spiro atoms. The molecular formula is C10H17N3OS. The number of ether oxygens (including phenoxy) is 1. The third kappa shape index (κ3) is 2.68. The van der Waals surface area contributed by atoms with E-state index in [0.29, 0.717) is 6.61 Å². The molecule has 0 aliphatic carbocycles. The lowest BCUT2D eigenvalue weighted by molar-refractivity contribution is 0.187. The van der Waals surface area contributed by atoms with E-state index in [1.807, 2.05) is 6.20 Å². The van der Waals surface area contributed by atoms with Crippen LogP contribution in [0.3, 0.4) is 0 Å². The zero-order valence-electron chi connectivity index (χ0n) is 9.27. The lowest BCUT2D eigenvalue weighted by Gasteiger charge is -2.32. The summed E-state index contributed by atoms with van der Waals surface area (Å²) in [7, 11) is 3.88. The molecule has 0 N–H and O–H groups in total. The quantitative estimate of drug-likeness (QED) is 0.771. The number of rotatable bonds is 3. The van der Waals surface area contributed by atoms with Gasteiger partial charge in [0.05, 0.1) is 11.5 Å². The molecule has 1 aliphatic heterocycles. The predicted octanol–water partition coefficient (Wildman–Crippen LogP) is 1.04. The molecular weight excluding hydrogens is 210 g/mol. The van der Waals surface area contributed by atoms with Gasteiger partial charge in [-0.1, -0.05) is 11.3 Å². The predicted molar refractivity (Wildman–Crippen MR) is 62.5 cm³/mol. The Labute approximate surface area is 94.5 Å². The van der Waals surface area contributed by atoms with Crippen LogP contribution >= 0.6 is 11.3 Å². The van der Waals surface area contributed by atoms with Crippen molar-refractivity contribution in [3.63, 3.8) is 0 Å². The number of aromatic nitrogens is 1. The van der Waals surface area contributed by atoms with E-state index in [4.69, 9.17) is 4.74 Å². The highest BCUT2D eigenvalue weighted by Gasteiger charge is 2.16. The first-order valence-corrected chi connectivity index (χ1v) is 5.98. The number of methoxy groups -OCH3 is 1. The van der Waals surface area contributed by atoms with Gasteiger partial charge in [0.25, 0.3) is 0 Å². The zero-order valence-corrected chi connectivity index (χ0v) is 10.1. The Balaban J connectivity index is 1.96. The lowest BCUT2D eigenvalue weighted by atomic mass is 10.3. The van der Waals surface area contributed by atoms with Crippen LogP contribution in [0.25, 0.3) is 0 Å². The van der Waals surface area contributed by atoms with Gasteiger partial charge < -0.3 is 14.5 Å². The highest BCUT2D eigenvalue weighted by molar-refractivity contribution is 7.15. The summed E-state index contributed by atoms with van der Waals surface area (Å²) in [6, 6.07) is 0. The molecule has 0 aromatic carbocycles. The minimum Gasteiger partial charge on any atom is -0.379 e. The number of hydrogen-bond donors (Lipinski definition) is 0. The Morgan fingerprint density at radius 2 is 2.13 bits per heavy atom. The molecule has 0 radical (unpaired) electrons. The summed E-state index contributed by atoms with van der Waals surface area (Å²) >= 11 is 1.74. The average Bonchev–Trinajstić information content (AvgIpc) is 2.68. The second-order valence-corrected chi connectivity index (χ2v) is 4.93. The van der Waals surface area contributed by atoms with Crippen molar-refractivity contribution in [2.45, 2.75) is 6.61 Å². The molecule has 4 nitrogen and oxygen atoms in total. The second kappa shape index (κ2) is 4.92. The standard InChI is InChI=1S/C10H17N3OS/c1-12-3-5-13(6-4-12)10-11-7-9(15-10)8-14-2/h7H,3-6,8H2,1-2H3. The Kier molecular flexibility index (Phi) is 3.56. The fraction of sp³-hybridized carbons (Fsp3) is 0.700. The van der Waals surface area contributed by atoms with Gasteiger partial charge in [0, 0.05) is 39.5 Å². The molecule has 1 fully saturated rings. The van der Waals surface area contributed by atoms with E-state index in [1.54, 1.807) is 18.4 Å². The van der Waals surface area contributed by atoms with E-state index < -0.39 is 0 Å². The summed E-state index contributed by atoms with van der Waals surface area (Å²) in [5.74, 6) is 0. The molecule has 0 bridgehead atoms. The first-order chi connectivity index (χ1) is 7.29. The minimum atomic E-state index is 0.672. The van der Waals surface area contributed by atoms with Gasteiger partial charge in [0.2, 0.25) is 0 Å². The van der Waals surface area contributed by atoms with Crippen molar-refractivity contribution in [3.8, 4) is 0 Å². The van der Waals surface area contributed by atoms with Crippen LogP contribution in [0.4, 0.5) is 5.13 Å². The lowest BCUT2D eigenvalue weighted by Crippen LogP contribution is -2.44. The van der Waals surface area contributed by atoms with Gasteiger partial charge in [-0.15, -0.1) is 0 Å². The number of thiazole rings is 1. The van der Waals surface area contributed by atoms with Crippen LogP contribution in [0, 0.1) is 0 Å². The number of anilines is 1. The molecule has 1 saturated heterocycles. The normalized spacial score (nSPS) is 18.4. The van der Waals surface area contributed by atoms with E-state index in [9.17, 15) is 0 Å². The molecule has 0 amide bonds. The first-order valence-electron chi connectivity index (χ1n) is 5.16. The van der Waals surface area contributed by atoms with Crippen molar-refractivity contribution in [2.75, 3.05) is 45.2 Å². The van der Waals surface area contributed by atoms with E-state index in [-0.39, 0.29) is 0 Å². The van der Waals surface area contributed by atoms with E-state index in [0.717, 1.165) is 31.3 Å². The van der Waals surface area contributed by atoms with Crippen molar-refractivity contribution < 1.29 is 4.74 Å². The smallest absolute Gasteiger partial charge is 0.185 e. The van der Waals surface area contributed by atoms with Gasteiger partial charge >= 0.3 is 0 Å². The molecule has 2 rings (SSSR count). The molecule has 15 heavy (non-hydrogen) atoms. The van der Waals surface area contributed by atoms with Crippen molar-refractivity contribution in [3.05, 3.63) is 11.1 Å². The van der Waals surface area contributed by atoms with E-state index >= 15 is 0 Å². The summed E-state index contributed by atoms with van der Waals surface area (Å²) in [6.45, 7) is 5.08. The summed E-state index contributed by atoms with van der Waals surface area (Å²) in [5, 5.41) is 1.13. The van der Waals surface area contributed by atoms with Crippen LogP contribution in [0.2, 0.25) is 0 Å². The Bertz CT molecular complexity index is 307. The molecule has 1 aliphatic rings. The van der Waals surface area contributed by atoms with E-state index in [2.05, 4.69) is 21.8 Å². The Morgan fingerprint density at radius 3 is 2.80 bits per heavy atom. The maximum atomic E-state index is 5.09. The average molecular weight is 227 g/mol. The topological polar surface area (TPSA) is 28.6 Å². The second-order valence-electron chi connectivity index (χ2n) is 3.83.